The summed E-state index contributed by atoms with van der Waals surface area (Å²) in [6, 6.07) is 16.9. The summed E-state index contributed by atoms with van der Waals surface area (Å²) in [4.78, 5) is 20.8. The van der Waals surface area contributed by atoms with Gasteiger partial charge < -0.3 is 19.5 Å². The number of carbonyl (C=O) groups is 1. The van der Waals surface area contributed by atoms with Gasteiger partial charge in [-0.2, -0.15) is 0 Å². The Hall–Kier alpha value is -2.50. The van der Waals surface area contributed by atoms with E-state index in [-0.39, 0.29) is 30.0 Å². The van der Waals surface area contributed by atoms with Crippen LogP contribution < -0.4 is 4.90 Å². The lowest BCUT2D eigenvalue weighted by molar-refractivity contribution is -0.133. The summed E-state index contributed by atoms with van der Waals surface area (Å²) in [5, 5.41) is 1.24. The van der Waals surface area contributed by atoms with Crippen molar-refractivity contribution in [2.75, 3.05) is 30.5 Å². The Morgan fingerprint density at radius 2 is 1.94 bits per heavy atom. The van der Waals surface area contributed by atoms with Gasteiger partial charge in [-0.3, -0.25) is 4.79 Å². The number of aromatic nitrogens is 1. The number of amides is 1. The molecule has 2 aromatic carbocycles. The fourth-order valence-corrected chi connectivity index (χ4v) is 5.31. The second-order valence-corrected chi connectivity index (χ2v) is 8.94. The Kier molecular flexibility index (Phi) is 5.40. The summed E-state index contributed by atoms with van der Waals surface area (Å²) in [5.74, 6) is -0.0466. The Labute approximate surface area is 187 Å². The molecule has 5 rings (SSSR count). The lowest BCUT2D eigenvalue weighted by Gasteiger charge is -2.41. The van der Waals surface area contributed by atoms with Gasteiger partial charge in [0.15, 0.2) is 0 Å². The van der Waals surface area contributed by atoms with Crippen LogP contribution in [0.2, 0.25) is 0 Å². The number of ether oxygens (including phenoxy) is 1. The van der Waals surface area contributed by atoms with Crippen molar-refractivity contribution in [3.63, 3.8) is 0 Å². The maximum absolute atomic E-state index is 12.9. The van der Waals surface area contributed by atoms with Crippen LogP contribution >= 0.6 is 11.6 Å². The highest BCUT2D eigenvalue weighted by Gasteiger charge is 2.38. The number of rotatable bonds is 3. The first kappa shape index (κ1) is 20.4. The van der Waals surface area contributed by atoms with Crippen LogP contribution in [-0.4, -0.2) is 53.5 Å². The lowest BCUT2D eigenvalue weighted by atomic mass is 9.88. The van der Waals surface area contributed by atoms with Gasteiger partial charge in [0.2, 0.25) is 5.91 Å². The normalized spacial score (nSPS) is 23.8. The van der Waals surface area contributed by atoms with Gasteiger partial charge in [-0.25, -0.2) is 0 Å². The number of alkyl halides is 1. The van der Waals surface area contributed by atoms with Crippen molar-refractivity contribution in [2.45, 2.75) is 38.5 Å². The van der Waals surface area contributed by atoms with Crippen LogP contribution in [-0.2, 0) is 16.0 Å². The molecule has 162 valence electrons. The summed E-state index contributed by atoms with van der Waals surface area (Å²) < 4.78 is 5.68. The van der Waals surface area contributed by atoms with E-state index in [0.717, 1.165) is 42.9 Å². The van der Waals surface area contributed by atoms with E-state index in [4.69, 9.17) is 16.3 Å². The summed E-state index contributed by atoms with van der Waals surface area (Å²) in [6.07, 6.45) is 1.06. The first-order valence-corrected chi connectivity index (χ1v) is 11.5. The second-order valence-electron chi connectivity index (χ2n) is 8.67. The van der Waals surface area contributed by atoms with E-state index in [9.17, 15) is 4.79 Å². The molecule has 1 saturated heterocycles. The number of benzene rings is 2. The highest BCUT2D eigenvalue weighted by atomic mass is 35.5. The number of morpholine rings is 1. The fraction of sp³-hybridized carbons (Fsp3) is 0.400. The number of H-pyrrole nitrogens is 1. The van der Waals surface area contributed by atoms with Crippen molar-refractivity contribution in [2.24, 2.45) is 0 Å². The smallest absolute Gasteiger partial charge is 0.238 e. The molecule has 2 aliphatic rings. The van der Waals surface area contributed by atoms with Crippen molar-refractivity contribution in [3.05, 3.63) is 65.4 Å². The van der Waals surface area contributed by atoms with Gasteiger partial charge in [-0.05, 0) is 49.6 Å². The molecular weight excluding hydrogens is 410 g/mol. The van der Waals surface area contributed by atoms with Gasteiger partial charge in [-0.15, -0.1) is 11.6 Å². The van der Waals surface area contributed by atoms with Crippen LogP contribution in [0, 0.1) is 0 Å². The molecule has 2 unspecified atom stereocenters. The van der Waals surface area contributed by atoms with Crippen molar-refractivity contribution >= 4 is 34.1 Å². The molecule has 31 heavy (non-hydrogen) atoms. The van der Waals surface area contributed by atoms with E-state index < -0.39 is 0 Å². The Morgan fingerprint density at radius 3 is 2.68 bits per heavy atom. The number of fused-ring (bicyclic) bond motifs is 3. The zero-order chi connectivity index (χ0) is 21.5. The number of carbonyl (C=O) groups excluding carboxylic acids is 1. The molecule has 1 aromatic heterocycles. The fourth-order valence-electron chi connectivity index (χ4n) is 5.17. The number of halogens is 1. The van der Waals surface area contributed by atoms with Gasteiger partial charge in [0, 0.05) is 41.4 Å². The maximum atomic E-state index is 12.9. The number of nitrogens with zero attached hydrogens (tertiary/aromatic N) is 2. The number of hydrogen-bond donors (Lipinski definition) is 1. The van der Waals surface area contributed by atoms with Crippen LogP contribution in [0.4, 0.5) is 5.69 Å². The molecule has 3 atom stereocenters. The van der Waals surface area contributed by atoms with Gasteiger partial charge in [0.05, 0.1) is 18.8 Å². The van der Waals surface area contributed by atoms with E-state index in [1.54, 1.807) is 0 Å². The number of anilines is 1. The molecule has 1 amide bonds. The van der Waals surface area contributed by atoms with E-state index in [1.165, 1.54) is 16.6 Å². The monoisotopic (exact) mass is 437 g/mol. The minimum absolute atomic E-state index is 0.0137. The average Bonchev–Trinajstić information content (AvgIpc) is 3.16. The third-order valence-corrected chi connectivity index (χ3v) is 6.82. The quantitative estimate of drug-likeness (QED) is 0.614. The molecule has 2 aliphatic heterocycles. The SMILES string of the molecule is CC1CN(c2ccc(C3c4[nH]c5ccccc5c4C[C@H](C)N3C(=O)CCl)cc2)CCO1. The molecule has 0 bridgehead atoms. The topological polar surface area (TPSA) is 48.6 Å². The van der Waals surface area contributed by atoms with Gasteiger partial charge >= 0.3 is 0 Å². The predicted octanol–water partition coefficient (Wildman–Crippen LogP) is 4.49. The van der Waals surface area contributed by atoms with Crippen LogP contribution in [0.1, 0.15) is 36.7 Å². The molecule has 1 N–H and O–H groups in total. The van der Waals surface area contributed by atoms with E-state index in [1.807, 2.05) is 11.0 Å². The molecular formula is C25H28ClN3O2. The van der Waals surface area contributed by atoms with Crippen molar-refractivity contribution < 1.29 is 9.53 Å². The van der Waals surface area contributed by atoms with Crippen LogP contribution in [0.25, 0.3) is 10.9 Å². The molecule has 5 nitrogen and oxygen atoms in total. The van der Waals surface area contributed by atoms with Crippen molar-refractivity contribution in [3.8, 4) is 0 Å². The van der Waals surface area contributed by atoms with E-state index in [2.05, 4.69) is 66.2 Å². The van der Waals surface area contributed by atoms with Crippen molar-refractivity contribution in [1.29, 1.82) is 0 Å². The second kappa shape index (κ2) is 8.21. The Morgan fingerprint density at radius 1 is 1.16 bits per heavy atom. The highest BCUT2D eigenvalue weighted by Crippen LogP contribution is 2.41. The molecule has 6 heteroatoms. The molecule has 0 saturated carbocycles. The number of aromatic amines is 1. The summed E-state index contributed by atoms with van der Waals surface area (Å²) in [6.45, 7) is 6.76. The minimum atomic E-state index is -0.171. The minimum Gasteiger partial charge on any atom is -0.375 e. The summed E-state index contributed by atoms with van der Waals surface area (Å²) in [7, 11) is 0. The van der Waals surface area contributed by atoms with Crippen LogP contribution in [0.15, 0.2) is 48.5 Å². The van der Waals surface area contributed by atoms with Crippen LogP contribution in [0.5, 0.6) is 0 Å². The van der Waals surface area contributed by atoms with Gasteiger partial charge in [-0.1, -0.05) is 30.3 Å². The largest absolute Gasteiger partial charge is 0.375 e. The molecule has 3 aromatic rings. The number of hydrogen-bond acceptors (Lipinski definition) is 3. The lowest BCUT2D eigenvalue weighted by Crippen LogP contribution is -2.47. The predicted molar refractivity (Wildman–Crippen MR) is 125 cm³/mol. The van der Waals surface area contributed by atoms with Crippen LogP contribution in [0.3, 0.4) is 0 Å². The molecule has 0 aliphatic carbocycles. The van der Waals surface area contributed by atoms with E-state index in [0.29, 0.717) is 0 Å². The first-order chi connectivity index (χ1) is 15.1. The molecule has 0 radical (unpaired) electrons. The highest BCUT2D eigenvalue weighted by molar-refractivity contribution is 6.27. The zero-order valence-electron chi connectivity index (χ0n) is 18.0. The average molecular weight is 438 g/mol. The zero-order valence-corrected chi connectivity index (χ0v) is 18.7. The summed E-state index contributed by atoms with van der Waals surface area (Å²) in [5.41, 5.74) is 5.81. The first-order valence-electron chi connectivity index (χ1n) is 11.0. The standard InChI is InChI=1S/C25H28ClN3O2/c1-16-13-21-20-5-3-4-6-22(20)27-24(21)25(29(16)23(30)14-26)18-7-9-19(10-8-18)28-11-12-31-17(2)15-28/h3-10,16-17,25,27H,11-15H2,1-2H3/t16-,17?,25?/m0/s1. The maximum Gasteiger partial charge on any atom is 0.238 e. The van der Waals surface area contributed by atoms with Crippen molar-refractivity contribution in [1.82, 2.24) is 9.88 Å². The molecule has 1 fully saturated rings. The van der Waals surface area contributed by atoms with Gasteiger partial charge in [0.25, 0.3) is 0 Å². The van der Waals surface area contributed by atoms with Gasteiger partial charge in [0.1, 0.15) is 5.88 Å². The molecule has 0 spiro atoms. The van der Waals surface area contributed by atoms with E-state index >= 15 is 0 Å². The Balaban J connectivity index is 1.57. The Bertz CT molecular complexity index is 1090. The third-order valence-electron chi connectivity index (χ3n) is 6.59. The third kappa shape index (κ3) is 3.60. The number of para-hydroxylation sites is 1. The molecule has 3 heterocycles. The summed E-state index contributed by atoms with van der Waals surface area (Å²) >= 11 is 6.03. The number of nitrogens with one attached hydrogen (secondary N) is 1.